The van der Waals surface area contributed by atoms with Gasteiger partial charge < -0.3 is 9.64 Å². The number of nitrogens with zero attached hydrogens (tertiary/aromatic N) is 3. The van der Waals surface area contributed by atoms with Gasteiger partial charge >= 0.3 is 0 Å². The first-order valence-corrected chi connectivity index (χ1v) is 7.66. The Kier molecular flexibility index (Phi) is 4.41. The number of aromatic nitrogens is 1. The highest BCUT2D eigenvalue weighted by Gasteiger charge is 2.31. The summed E-state index contributed by atoms with van der Waals surface area (Å²) in [5.74, 6) is 0.177. The maximum atomic E-state index is 12.6. The minimum atomic E-state index is -0.534. The highest BCUT2D eigenvalue weighted by atomic mass is 16.6. The lowest BCUT2D eigenvalue weighted by atomic mass is 10.1. The van der Waals surface area contributed by atoms with E-state index < -0.39 is 4.92 Å². The molecule has 7 nitrogen and oxygen atoms in total. The number of benzene rings is 1. The van der Waals surface area contributed by atoms with Crippen molar-refractivity contribution in [1.29, 1.82) is 0 Å². The lowest BCUT2D eigenvalue weighted by molar-refractivity contribution is -0.385. The van der Waals surface area contributed by atoms with Crippen LogP contribution in [-0.2, 0) is 0 Å². The minimum absolute atomic E-state index is 0.108. The SMILES string of the molecule is Cc1ccc(OC2CCN(C(=O)c3ccccc3[N+](=O)[O-])C2)nc1. The number of ether oxygens (including phenoxy) is 1. The summed E-state index contributed by atoms with van der Waals surface area (Å²) < 4.78 is 5.79. The Bertz CT molecular complexity index is 761. The number of pyridine rings is 1. The summed E-state index contributed by atoms with van der Waals surface area (Å²) in [4.78, 5) is 28.9. The number of hydrogen-bond acceptors (Lipinski definition) is 5. The van der Waals surface area contributed by atoms with Crippen LogP contribution in [0, 0.1) is 17.0 Å². The van der Waals surface area contributed by atoms with Crippen molar-refractivity contribution in [2.75, 3.05) is 13.1 Å². The highest BCUT2D eigenvalue weighted by Crippen LogP contribution is 2.23. The number of carbonyl (C=O) groups is 1. The van der Waals surface area contributed by atoms with E-state index in [1.165, 1.54) is 12.1 Å². The number of likely N-dealkylation sites (tertiary alicyclic amines) is 1. The second kappa shape index (κ2) is 6.66. The van der Waals surface area contributed by atoms with Crippen LogP contribution in [0.3, 0.4) is 0 Å². The summed E-state index contributed by atoms with van der Waals surface area (Å²) >= 11 is 0. The first-order valence-electron chi connectivity index (χ1n) is 7.66. The molecule has 24 heavy (non-hydrogen) atoms. The van der Waals surface area contributed by atoms with Crippen LogP contribution in [-0.4, -0.2) is 39.9 Å². The molecule has 1 aromatic carbocycles. The van der Waals surface area contributed by atoms with Crippen LogP contribution in [0.15, 0.2) is 42.6 Å². The zero-order chi connectivity index (χ0) is 17.1. The van der Waals surface area contributed by atoms with Gasteiger partial charge in [-0.2, -0.15) is 0 Å². The molecule has 0 aliphatic carbocycles. The van der Waals surface area contributed by atoms with Gasteiger partial charge in [-0.05, 0) is 18.6 Å². The van der Waals surface area contributed by atoms with Crippen LogP contribution >= 0.6 is 0 Å². The number of aryl methyl sites for hydroxylation is 1. The highest BCUT2D eigenvalue weighted by molar-refractivity contribution is 5.98. The lowest BCUT2D eigenvalue weighted by Crippen LogP contribution is -2.31. The van der Waals surface area contributed by atoms with Gasteiger partial charge in [0.1, 0.15) is 11.7 Å². The number of hydrogen-bond donors (Lipinski definition) is 0. The molecule has 3 rings (SSSR count). The fourth-order valence-corrected chi connectivity index (χ4v) is 2.69. The van der Waals surface area contributed by atoms with E-state index in [0.717, 1.165) is 5.56 Å². The van der Waals surface area contributed by atoms with Gasteiger partial charge in [0.2, 0.25) is 5.88 Å². The van der Waals surface area contributed by atoms with E-state index in [0.29, 0.717) is 25.4 Å². The third-order valence-corrected chi connectivity index (χ3v) is 3.94. The number of para-hydroxylation sites is 1. The number of carbonyl (C=O) groups excluding carboxylic acids is 1. The first kappa shape index (κ1) is 15.9. The predicted octanol–water partition coefficient (Wildman–Crippen LogP) is 2.59. The van der Waals surface area contributed by atoms with Crippen molar-refractivity contribution in [3.8, 4) is 5.88 Å². The molecule has 2 aromatic rings. The Morgan fingerprint density at radius 1 is 1.33 bits per heavy atom. The Balaban J connectivity index is 1.68. The molecule has 1 aromatic heterocycles. The summed E-state index contributed by atoms with van der Waals surface area (Å²) in [6, 6.07) is 9.70. The summed E-state index contributed by atoms with van der Waals surface area (Å²) in [5.41, 5.74) is 0.977. The van der Waals surface area contributed by atoms with Crippen LogP contribution in [0.1, 0.15) is 22.3 Å². The summed E-state index contributed by atoms with van der Waals surface area (Å²) in [6.07, 6.45) is 2.23. The largest absolute Gasteiger partial charge is 0.472 e. The van der Waals surface area contributed by atoms with Crippen LogP contribution in [0.2, 0.25) is 0 Å². The molecule has 1 fully saturated rings. The van der Waals surface area contributed by atoms with Crippen LogP contribution in [0.4, 0.5) is 5.69 Å². The van der Waals surface area contributed by atoms with Crippen LogP contribution in [0.25, 0.3) is 0 Å². The minimum Gasteiger partial charge on any atom is -0.472 e. The molecule has 1 unspecified atom stereocenters. The second-order valence-electron chi connectivity index (χ2n) is 5.73. The lowest BCUT2D eigenvalue weighted by Gasteiger charge is -2.17. The monoisotopic (exact) mass is 327 g/mol. The number of amides is 1. The first-order chi connectivity index (χ1) is 11.5. The second-order valence-corrected chi connectivity index (χ2v) is 5.73. The normalized spacial score (nSPS) is 16.9. The molecule has 1 atom stereocenters. The molecule has 1 aliphatic rings. The van der Waals surface area contributed by atoms with Gasteiger partial charge in [-0.25, -0.2) is 4.98 Å². The molecule has 0 radical (unpaired) electrons. The Hall–Kier alpha value is -2.96. The van der Waals surface area contributed by atoms with E-state index in [4.69, 9.17) is 4.74 Å². The average Bonchev–Trinajstić information content (AvgIpc) is 3.05. The van der Waals surface area contributed by atoms with E-state index in [-0.39, 0.29) is 23.3 Å². The van der Waals surface area contributed by atoms with Gasteiger partial charge in [0.15, 0.2) is 0 Å². The zero-order valence-corrected chi connectivity index (χ0v) is 13.2. The molecule has 1 saturated heterocycles. The van der Waals surface area contributed by atoms with E-state index in [1.54, 1.807) is 29.3 Å². The maximum absolute atomic E-state index is 12.6. The molecule has 0 N–H and O–H groups in total. The van der Waals surface area contributed by atoms with Crippen molar-refractivity contribution in [3.63, 3.8) is 0 Å². The Morgan fingerprint density at radius 2 is 2.12 bits per heavy atom. The van der Waals surface area contributed by atoms with Gasteiger partial charge in [-0.1, -0.05) is 18.2 Å². The molecule has 1 amide bonds. The third-order valence-electron chi connectivity index (χ3n) is 3.94. The Labute approximate surface area is 139 Å². The molecule has 0 saturated carbocycles. The summed E-state index contributed by atoms with van der Waals surface area (Å²) in [6.45, 7) is 2.83. The maximum Gasteiger partial charge on any atom is 0.282 e. The van der Waals surface area contributed by atoms with Gasteiger partial charge in [-0.15, -0.1) is 0 Å². The van der Waals surface area contributed by atoms with E-state index in [1.807, 2.05) is 13.0 Å². The number of nitro benzene ring substituents is 1. The molecule has 0 spiro atoms. The molecular formula is C17H17N3O4. The van der Waals surface area contributed by atoms with Crippen molar-refractivity contribution in [1.82, 2.24) is 9.88 Å². The Morgan fingerprint density at radius 3 is 2.83 bits per heavy atom. The quantitative estimate of drug-likeness (QED) is 0.636. The van der Waals surface area contributed by atoms with E-state index >= 15 is 0 Å². The molecule has 7 heteroatoms. The molecule has 1 aliphatic heterocycles. The van der Waals surface area contributed by atoms with Gasteiger partial charge in [-0.3, -0.25) is 14.9 Å². The number of nitro groups is 1. The van der Waals surface area contributed by atoms with Gasteiger partial charge in [0, 0.05) is 31.3 Å². The van der Waals surface area contributed by atoms with E-state index in [9.17, 15) is 14.9 Å². The zero-order valence-electron chi connectivity index (χ0n) is 13.2. The fraction of sp³-hybridized carbons (Fsp3) is 0.294. The van der Waals surface area contributed by atoms with Gasteiger partial charge in [0.05, 0.1) is 11.5 Å². The van der Waals surface area contributed by atoms with Crippen molar-refractivity contribution < 1.29 is 14.5 Å². The fourth-order valence-electron chi connectivity index (χ4n) is 2.69. The number of rotatable bonds is 4. The topological polar surface area (TPSA) is 85.6 Å². The summed E-state index contributed by atoms with van der Waals surface area (Å²) in [7, 11) is 0. The molecule has 124 valence electrons. The molecule has 2 heterocycles. The van der Waals surface area contributed by atoms with Gasteiger partial charge in [0.25, 0.3) is 11.6 Å². The van der Waals surface area contributed by atoms with Crippen LogP contribution < -0.4 is 4.74 Å². The predicted molar refractivity (Wildman–Crippen MR) is 87.0 cm³/mol. The van der Waals surface area contributed by atoms with Crippen molar-refractivity contribution in [3.05, 3.63) is 63.8 Å². The smallest absolute Gasteiger partial charge is 0.282 e. The van der Waals surface area contributed by atoms with Crippen molar-refractivity contribution in [2.45, 2.75) is 19.4 Å². The third kappa shape index (κ3) is 3.34. The summed E-state index contributed by atoms with van der Waals surface area (Å²) in [5, 5.41) is 11.1. The van der Waals surface area contributed by atoms with E-state index in [2.05, 4.69) is 4.98 Å². The van der Waals surface area contributed by atoms with Crippen LogP contribution in [0.5, 0.6) is 5.88 Å². The molecule has 0 bridgehead atoms. The standard InChI is InChI=1S/C17H17N3O4/c1-12-6-7-16(18-10-12)24-13-8-9-19(11-13)17(21)14-4-2-3-5-15(14)20(22)23/h2-7,10,13H,8-9,11H2,1H3. The van der Waals surface area contributed by atoms with Crippen molar-refractivity contribution in [2.24, 2.45) is 0 Å². The average molecular weight is 327 g/mol. The van der Waals surface area contributed by atoms with Crippen molar-refractivity contribution >= 4 is 11.6 Å². The molecular weight excluding hydrogens is 310 g/mol.